The topological polar surface area (TPSA) is 53.0 Å². The first-order chi connectivity index (χ1) is 15.3. The zero-order valence-electron chi connectivity index (χ0n) is 20.4. The van der Waals surface area contributed by atoms with E-state index in [0.717, 1.165) is 48.6 Å². The summed E-state index contributed by atoms with van der Waals surface area (Å²) in [5.74, 6) is 1.02. The Kier molecular flexibility index (Phi) is 9.33. The number of ether oxygens (including phenoxy) is 1. The van der Waals surface area contributed by atoms with Crippen molar-refractivity contribution in [1.82, 2.24) is 9.80 Å². The molecule has 0 spiro atoms. The lowest BCUT2D eigenvalue weighted by atomic mass is 9.92. The van der Waals surface area contributed by atoms with E-state index in [2.05, 4.69) is 30.2 Å². The number of likely N-dealkylation sites (tertiary alicyclic amines) is 2. The SMILES string of the molecule is C=C(CN1CCCCC1)C(=O)c1cc(C(C)C)c(OCC(O)CN2CCCCC2)cc1C. The van der Waals surface area contributed by atoms with Crippen molar-refractivity contribution in [3.63, 3.8) is 0 Å². The van der Waals surface area contributed by atoms with Gasteiger partial charge in [0.05, 0.1) is 0 Å². The number of carbonyl (C=O) groups excluding carboxylic acids is 1. The second-order valence-corrected chi connectivity index (χ2v) is 9.96. The standard InChI is InChI=1S/C27H42N2O3/c1-20(2)24-16-25(27(31)22(4)17-28-11-7-5-8-12-28)21(3)15-26(24)32-19-23(30)18-29-13-9-6-10-14-29/h15-16,20,23,30H,4-14,17-19H2,1-3H3. The predicted octanol–water partition coefficient (Wildman–Crippen LogP) is 4.57. The number of benzene rings is 1. The molecule has 0 saturated carbocycles. The smallest absolute Gasteiger partial charge is 0.189 e. The summed E-state index contributed by atoms with van der Waals surface area (Å²) in [5.41, 5.74) is 3.29. The van der Waals surface area contributed by atoms with E-state index >= 15 is 0 Å². The van der Waals surface area contributed by atoms with Crippen molar-refractivity contribution >= 4 is 5.78 Å². The molecule has 0 radical (unpaired) electrons. The third-order valence-corrected chi connectivity index (χ3v) is 6.76. The number of carbonyl (C=O) groups is 1. The van der Waals surface area contributed by atoms with E-state index < -0.39 is 6.10 Å². The molecule has 1 N–H and O–H groups in total. The number of aryl methyl sites for hydroxylation is 1. The minimum atomic E-state index is -0.515. The number of Topliss-reactive ketones (excluding diaryl/α,β-unsaturated/α-hetero) is 1. The number of β-amino-alcohol motifs (C(OH)–C–C–N with tert-alkyl or cyclic N) is 1. The Morgan fingerprint density at radius 1 is 1.03 bits per heavy atom. The van der Waals surface area contributed by atoms with Gasteiger partial charge in [0.1, 0.15) is 18.5 Å². The largest absolute Gasteiger partial charge is 0.491 e. The van der Waals surface area contributed by atoms with Crippen molar-refractivity contribution in [1.29, 1.82) is 0 Å². The number of rotatable bonds is 10. The van der Waals surface area contributed by atoms with Gasteiger partial charge in [-0.3, -0.25) is 9.69 Å². The third kappa shape index (κ3) is 6.90. The molecule has 1 aromatic carbocycles. The molecule has 2 fully saturated rings. The quantitative estimate of drug-likeness (QED) is 0.425. The van der Waals surface area contributed by atoms with Crippen LogP contribution in [0.15, 0.2) is 24.3 Å². The highest BCUT2D eigenvalue weighted by Crippen LogP contribution is 2.31. The lowest BCUT2D eigenvalue weighted by Gasteiger charge is -2.28. The number of hydrogen-bond donors (Lipinski definition) is 1. The number of piperidine rings is 2. The summed E-state index contributed by atoms with van der Waals surface area (Å²) >= 11 is 0. The maximum Gasteiger partial charge on any atom is 0.189 e. The highest BCUT2D eigenvalue weighted by atomic mass is 16.5. The minimum Gasteiger partial charge on any atom is -0.491 e. The van der Waals surface area contributed by atoms with Crippen LogP contribution < -0.4 is 4.74 Å². The number of aliphatic hydroxyl groups is 1. The molecule has 1 aromatic rings. The molecular weight excluding hydrogens is 400 g/mol. The maximum absolute atomic E-state index is 13.2. The van der Waals surface area contributed by atoms with Gasteiger partial charge in [-0.25, -0.2) is 0 Å². The number of aliphatic hydroxyl groups excluding tert-OH is 1. The van der Waals surface area contributed by atoms with Crippen LogP contribution in [0.2, 0.25) is 0 Å². The van der Waals surface area contributed by atoms with E-state index in [1.807, 2.05) is 19.1 Å². The Morgan fingerprint density at radius 3 is 2.22 bits per heavy atom. The van der Waals surface area contributed by atoms with Gasteiger partial charge < -0.3 is 14.7 Å². The summed E-state index contributed by atoms with van der Waals surface area (Å²) in [7, 11) is 0. The van der Waals surface area contributed by atoms with Crippen LogP contribution in [0.5, 0.6) is 5.75 Å². The van der Waals surface area contributed by atoms with Crippen molar-refractivity contribution < 1.29 is 14.6 Å². The second kappa shape index (κ2) is 12.0. The zero-order valence-corrected chi connectivity index (χ0v) is 20.4. The molecule has 5 heteroatoms. The lowest BCUT2D eigenvalue weighted by molar-refractivity contribution is 0.0613. The lowest BCUT2D eigenvalue weighted by Crippen LogP contribution is -2.38. The predicted molar refractivity (Wildman–Crippen MR) is 131 cm³/mol. The molecule has 1 unspecified atom stereocenters. The van der Waals surface area contributed by atoms with Crippen LogP contribution in [-0.4, -0.2) is 72.7 Å². The van der Waals surface area contributed by atoms with Crippen LogP contribution in [0.3, 0.4) is 0 Å². The molecule has 2 aliphatic heterocycles. The van der Waals surface area contributed by atoms with Gasteiger partial charge in [0.25, 0.3) is 0 Å². The van der Waals surface area contributed by atoms with Gasteiger partial charge in [-0.05, 0) is 88.0 Å². The first kappa shape index (κ1) is 24.9. The molecule has 0 aromatic heterocycles. The molecule has 32 heavy (non-hydrogen) atoms. The molecule has 5 nitrogen and oxygen atoms in total. The number of hydrogen-bond acceptors (Lipinski definition) is 5. The first-order valence-electron chi connectivity index (χ1n) is 12.5. The number of ketones is 1. The molecule has 1 atom stereocenters. The highest BCUT2D eigenvalue weighted by Gasteiger charge is 2.21. The van der Waals surface area contributed by atoms with Gasteiger partial charge in [0, 0.05) is 24.2 Å². The Labute approximate surface area is 194 Å². The molecule has 0 bridgehead atoms. The normalized spacial score (nSPS) is 19.2. The van der Waals surface area contributed by atoms with Crippen molar-refractivity contribution in [2.75, 3.05) is 45.9 Å². The van der Waals surface area contributed by atoms with Gasteiger partial charge in [-0.1, -0.05) is 33.3 Å². The fraction of sp³-hybridized carbons (Fsp3) is 0.667. The van der Waals surface area contributed by atoms with Gasteiger partial charge in [0.2, 0.25) is 0 Å². The van der Waals surface area contributed by atoms with Crippen LogP contribution in [-0.2, 0) is 0 Å². The average Bonchev–Trinajstić information content (AvgIpc) is 2.78. The first-order valence-corrected chi connectivity index (χ1v) is 12.5. The minimum absolute atomic E-state index is 0.0339. The molecule has 178 valence electrons. The summed E-state index contributed by atoms with van der Waals surface area (Å²) in [6, 6.07) is 3.94. The fourth-order valence-electron chi connectivity index (χ4n) is 4.85. The Morgan fingerprint density at radius 2 is 1.62 bits per heavy atom. The van der Waals surface area contributed by atoms with Gasteiger partial charge in [-0.15, -0.1) is 0 Å². The van der Waals surface area contributed by atoms with Crippen LogP contribution in [0.25, 0.3) is 0 Å². The van der Waals surface area contributed by atoms with Gasteiger partial charge >= 0.3 is 0 Å². The molecule has 2 heterocycles. The monoisotopic (exact) mass is 442 g/mol. The average molecular weight is 443 g/mol. The molecule has 3 rings (SSSR count). The molecule has 2 saturated heterocycles. The molecule has 0 aliphatic carbocycles. The Balaban J connectivity index is 1.65. The number of nitrogens with zero attached hydrogens (tertiary/aromatic N) is 2. The summed E-state index contributed by atoms with van der Waals surface area (Å²) in [5, 5.41) is 10.5. The van der Waals surface area contributed by atoms with Crippen molar-refractivity contribution in [2.45, 2.75) is 71.3 Å². The van der Waals surface area contributed by atoms with Crippen LogP contribution in [0, 0.1) is 6.92 Å². The molecular formula is C27H42N2O3. The summed E-state index contributed by atoms with van der Waals surface area (Å²) in [4.78, 5) is 17.9. The van der Waals surface area contributed by atoms with Crippen molar-refractivity contribution in [3.8, 4) is 5.75 Å². The van der Waals surface area contributed by atoms with E-state index in [4.69, 9.17) is 4.74 Å². The summed E-state index contributed by atoms with van der Waals surface area (Å²) in [6.45, 7) is 16.1. The van der Waals surface area contributed by atoms with E-state index in [1.54, 1.807) is 0 Å². The third-order valence-electron chi connectivity index (χ3n) is 6.76. The summed E-state index contributed by atoms with van der Waals surface area (Å²) in [6.07, 6.45) is 6.88. The van der Waals surface area contributed by atoms with Crippen molar-refractivity contribution in [2.24, 2.45) is 0 Å². The molecule has 2 aliphatic rings. The van der Waals surface area contributed by atoms with E-state index in [0.29, 0.717) is 18.7 Å². The summed E-state index contributed by atoms with van der Waals surface area (Å²) < 4.78 is 6.08. The zero-order chi connectivity index (χ0) is 23.1. The van der Waals surface area contributed by atoms with E-state index in [-0.39, 0.29) is 18.3 Å². The van der Waals surface area contributed by atoms with Crippen molar-refractivity contribution in [3.05, 3.63) is 41.0 Å². The Hall–Kier alpha value is -1.69. The second-order valence-electron chi connectivity index (χ2n) is 9.96. The van der Waals surface area contributed by atoms with Gasteiger partial charge in [-0.2, -0.15) is 0 Å². The van der Waals surface area contributed by atoms with E-state index in [9.17, 15) is 9.90 Å². The van der Waals surface area contributed by atoms with Crippen LogP contribution in [0.4, 0.5) is 0 Å². The van der Waals surface area contributed by atoms with Crippen LogP contribution >= 0.6 is 0 Å². The van der Waals surface area contributed by atoms with Crippen LogP contribution in [0.1, 0.15) is 79.8 Å². The highest BCUT2D eigenvalue weighted by molar-refractivity contribution is 6.09. The fourth-order valence-corrected chi connectivity index (χ4v) is 4.85. The van der Waals surface area contributed by atoms with Gasteiger partial charge in [0.15, 0.2) is 5.78 Å². The Bertz CT molecular complexity index is 777. The molecule has 0 amide bonds. The van der Waals surface area contributed by atoms with E-state index in [1.165, 1.54) is 38.5 Å². The maximum atomic E-state index is 13.2.